The van der Waals surface area contributed by atoms with Crippen LogP contribution in [0.25, 0.3) is 0 Å². The van der Waals surface area contributed by atoms with Crippen molar-refractivity contribution in [3.05, 3.63) is 82.8 Å². The Morgan fingerprint density at radius 3 is 2.12 bits per heavy atom. The van der Waals surface area contributed by atoms with Crippen molar-refractivity contribution in [1.29, 1.82) is 0 Å². The fourth-order valence-electron chi connectivity index (χ4n) is 2.81. The van der Waals surface area contributed by atoms with E-state index in [9.17, 15) is 14.4 Å². The van der Waals surface area contributed by atoms with Gasteiger partial charge in [0.25, 0.3) is 5.91 Å². The number of rotatable bonds is 9. The van der Waals surface area contributed by atoms with Gasteiger partial charge in [-0.1, -0.05) is 34.1 Å². The molecule has 0 saturated heterocycles. The van der Waals surface area contributed by atoms with Crippen LogP contribution in [0.15, 0.2) is 77.3 Å². The number of esters is 1. The lowest BCUT2D eigenvalue weighted by atomic mass is 10.2. The standard InChI is InChI=1S/C25H23BrN2O5/c1-17-15-19(9-12-22(17)26)28-24(30)16-32-25(31)14-13-23(29)27-18-7-10-21(11-8-18)33-20-5-3-2-4-6-20/h2-12,15H,13-14,16H2,1H3,(H,27,29)(H,28,30). The van der Waals surface area contributed by atoms with Crippen molar-refractivity contribution in [3.8, 4) is 11.5 Å². The molecule has 3 aromatic carbocycles. The number of halogens is 1. The largest absolute Gasteiger partial charge is 0.457 e. The molecule has 2 amide bonds. The van der Waals surface area contributed by atoms with E-state index in [1.54, 1.807) is 36.4 Å². The Hall–Kier alpha value is -3.65. The van der Waals surface area contributed by atoms with Crippen LogP contribution in [-0.4, -0.2) is 24.4 Å². The van der Waals surface area contributed by atoms with Crippen LogP contribution in [0.3, 0.4) is 0 Å². The SMILES string of the molecule is Cc1cc(NC(=O)COC(=O)CCC(=O)Nc2ccc(Oc3ccccc3)cc2)ccc1Br. The van der Waals surface area contributed by atoms with Crippen LogP contribution >= 0.6 is 15.9 Å². The Kier molecular flexibility index (Phi) is 8.60. The first-order valence-corrected chi connectivity index (χ1v) is 11.0. The summed E-state index contributed by atoms with van der Waals surface area (Å²) in [5.41, 5.74) is 2.16. The summed E-state index contributed by atoms with van der Waals surface area (Å²) < 4.78 is 11.6. The van der Waals surface area contributed by atoms with E-state index in [0.717, 1.165) is 10.0 Å². The van der Waals surface area contributed by atoms with Gasteiger partial charge in [-0.25, -0.2) is 0 Å². The maximum Gasteiger partial charge on any atom is 0.306 e. The van der Waals surface area contributed by atoms with Crippen LogP contribution in [0.4, 0.5) is 11.4 Å². The molecular formula is C25H23BrN2O5. The first kappa shape index (κ1) is 24.0. The molecule has 2 N–H and O–H groups in total. The van der Waals surface area contributed by atoms with Gasteiger partial charge < -0.3 is 20.1 Å². The number of para-hydroxylation sites is 1. The molecule has 170 valence electrons. The summed E-state index contributed by atoms with van der Waals surface area (Å²) >= 11 is 3.39. The lowest BCUT2D eigenvalue weighted by Gasteiger charge is -2.09. The number of benzene rings is 3. The van der Waals surface area contributed by atoms with Crippen LogP contribution in [0.5, 0.6) is 11.5 Å². The highest BCUT2D eigenvalue weighted by molar-refractivity contribution is 9.10. The number of carbonyl (C=O) groups is 3. The van der Waals surface area contributed by atoms with Crippen molar-refractivity contribution < 1.29 is 23.9 Å². The van der Waals surface area contributed by atoms with Crippen molar-refractivity contribution in [2.75, 3.05) is 17.2 Å². The quantitative estimate of drug-likeness (QED) is 0.373. The minimum Gasteiger partial charge on any atom is -0.457 e. The maximum atomic E-state index is 12.1. The normalized spacial score (nSPS) is 10.2. The second-order valence-electron chi connectivity index (χ2n) is 7.16. The number of aryl methyl sites for hydroxylation is 1. The van der Waals surface area contributed by atoms with Gasteiger partial charge in [0.1, 0.15) is 11.5 Å². The van der Waals surface area contributed by atoms with E-state index in [1.807, 2.05) is 43.3 Å². The van der Waals surface area contributed by atoms with Gasteiger partial charge in [-0.2, -0.15) is 0 Å². The van der Waals surface area contributed by atoms with Crippen molar-refractivity contribution in [3.63, 3.8) is 0 Å². The first-order valence-electron chi connectivity index (χ1n) is 10.2. The molecule has 0 saturated carbocycles. The first-order chi connectivity index (χ1) is 15.9. The third kappa shape index (κ3) is 8.08. The highest BCUT2D eigenvalue weighted by Crippen LogP contribution is 2.23. The molecule has 0 unspecified atom stereocenters. The summed E-state index contributed by atoms with van der Waals surface area (Å²) in [6, 6.07) is 21.6. The van der Waals surface area contributed by atoms with Gasteiger partial charge in [0, 0.05) is 22.3 Å². The summed E-state index contributed by atoms with van der Waals surface area (Å²) in [5, 5.41) is 5.37. The van der Waals surface area contributed by atoms with Crippen molar-refractivity contribution in [2.24, 2.45) is 0 Å². The molecule has 3 aromatic rings. The monoisotopic (exact) mass is 510 g/mol. The number of amides is 2. The highest BCUT2D eigenvalue weighted by Gasteiger charge is 2.11. The number of hydrogen-bond acceptors (Lipinski definition) is 5. The van der Waals surface area contributed by atoms with Crippen molar-refractivity contribution in [2.45, 2.75) is 19.8 Å². The van der Waals surface area contributed by atoms with E-state index in [0.29, 0.717) is 22.9 Å². The Morgan fingerprint density at radius 1 is 0.788 bits per heavy atom. The average molecular weight is 511 g/mol. The molecule has 0 aliphatic rings. The minimum absolute atomic E-state index is 0.0609. The van der Waals surface area contributed by atoms with E-state index < -0.39 is 18.5 Å². The predicted molar refractivity (Wildman–Crippen MR) is 129 cm³/mol. The molecule has 0 aromatic heterocycles. The molecule has 0 spiro atoms. The summed E-state index contributed by atoms with van der Waals surface area (Å²) in [4.78, 5) is 35.9. The summed E-state index contributed by atoms with van der Waals surface area (Å²) in [6.07, 6.45) is -0.194. The number of nitrogens with one attached hydrogen (secondary N) is 2. The predicted octanol–water partition coefficient (Wildman–Crippen LogP) is 5.45. The second kappa shape index (κ2) is 11.8. The molecule has 0 atom stereocenters. The Morgan fingerprint density at radius 2 is 1.42 bits per heavy atom. The van der Waals surface area contributed by atoms with E-state index in [4.69, 9.17) is 9.47 Å². The summed E-state index contributed by atoms with van der Waals surface area (Å²) in [6.45, 7) is 1.48. The molecule has 3 rings (SSSR count). The van der Waals surface area contributed by atoms with Crippen LogP contribution in [-0.2, 0) is 19.1 Å². The fourth-order valence-corrected chi connectivity index (χ4v) is 3.05. The third-order valence-corrected chi connectivity index (χ3v) is 5.37. The second-order valence-corrected chi connectivity index (χ2v) is 8.01. The van der Waals surface area contributed by atoms with Gasteiger partial charge in [0.15, 0.2) is 6.61 Å². The minimum atomic E-state index is -0.626. The molecule has 0 aliphatic heterocycles. The average Bonchev–Trinajstić information content (AvgIpc) is 2.81. The zero-order valence-corrected chi connectivity index (χ0v) is 19.6. The Labute approximate surface area is 200 Å². The molecule has 0 bridgehead atoms. The van der Waals surface area contributed by atoms with Crippen LogP contribution in [0, 0.1) is 6.92 Å². The molecule has 7 nitrogen and oxygen atoms in total. The van der Waals surface area contributed by atoms with Crippen molar-refractivity contribution in [1.82, 2.24) is 0 Å². The van der Waals surface area contributed by atoms with Gasteiger partial charge in [0.05, 0.1) is 6.42 Å². The van der Waals surface area contributed by atoms with E-state index >= 15 is 0 Å². The van der Waals surface area contributed by atoms with Gasteiger partial charge >= 0.3 is 5.97 Å². The zero-order chi connectivity index (χ0) is 23.6. The Bertz CT molecular complexity index is 1120. The van der Waals surface area contributed by atoms with Gasteiger partial charge in [0.2, 0.25) is 5.91 Å². The topological polar surface area (TPSA) is 93.7 Å². The smallest absolute Gasteiger partial charge is 0.306 e. The number of ether oxygens (including phenoxy) is 2. The molecule has 0 aliphatic carbocycles. The highest BCUT2D eigenvalue weighted by atomic mass is 79.9. The lowest BCUT2D eigenvalue weighted by Crippen LogP contribution is -2.21. The Balaban J connectivity index is 1.36. The van der Waals surface area contributed by atoms with E-state index in [-0.39, 0.29) is 18.7 Å². The maximum absolute atomic E-state index is 12.1. The molecule has 33 heavy (non-hydrogen) atoms. The van der Waals surface area contributed by atoms with Gasteiger partial charge in [-0.3, -0.25) is 14.4 Å². The number of carbonyl (C=O) groups excluding carboxylic acids is 3. The number of anilines is 2. The summed E-state index contributed by atoms with van der Waals surface area (Å²) in [5.74, 6) is -0.0579. The van der Waals surface area contributed by atoms with Crippen molar-refractivity contribution >= 4 is 45.1 Å². The van der Waals surface area contributed by atoms with E-state index in [2.05, 4.69) is 26.6 Å². The van der Waals surface area contributed by atoms with Crippen LogP contribution in [0.2, 0.25) is 0 Å². The zero-order valence-electron chi connectivity index (χ0n) is 18.0. The van der Waals surface area contributed by atoms with Gasteiger partial charge in [-0.05, 0) is 67.1 Å². The van der Waals surface area contributed by atoms with E-state index in [1.165, 1.54) is 0 Å². The fraction of sp³-hybridized carbons (Fsp3) is 0.160. The molecule has 0 fully saturated rings. The molecule has 0 heterocycles. The number of hydrogen-bond donors (Lipinski definition) is 2. The lowest BCUT2D eigenvalue weighted by molar-refractivity contribution is -0.147. The summed E-state index contributed by atoms with van der Waals surface area (Å²) in [7, 11) is 0. The van der Waals surface area contributed by atoms with Crippen LogP contribution < -0.4 is 15.4 Å². The van der Waals surface area contributed by atoms with Gasteiger partial charge in [-0.15, -0.1) is 0 Å². The molecule has 8 heteroatoms. The molecular weight excluding hydrogens is 488 g/mol. The van der Waals surface area contributed by atoms with Crippen LogP contribution in [0.1, 0.15) is 18.4 Å². The third-order valence-electron chi connectivity index (χ3n) is 4.48. The molecule has 0 radical (unpaired) electrons.